The molecule has 0 radical (unpaired) electrons. The largest absolute Gasteiger partial charge is 0.493 e. The van der Waals surface area contributed by atoms with Gasteiger partial charge in [0.25, 0.3) is 0 Å². The average molecular weight is 413 g/mol. The molecular formula is C25H32O5. The first-order valence-corrected chi connectivity index (χ1v) is 10.8. The molecule has 0 aromatic heterocycles. The molecule has 2 aromatic carbocycles. The van der Waals surface area contributed by atoms with Crippen molar-refractivity contribution in [2.75, 3.05) is 20.8 Å². The summed E-state index contributed by atoms with van der Waals surface area (Å²) >= 11 is 0. The van der Waals surface area contributed by atoms with E-state index in [0.29, 0.717) is 12.8 Å². The number of benzene rings is 2. The van der Waals surface area contributed by atoms with Gasteiger partial charge >= 0.3 is 0 Å². The molecule has 5 heteroatoms. The quantitative estimate of drug-likeness (QED) is 0.758. The molecule has 0 unspecified atom stereocenters. The van der Waals surface area contributed by atoms with Crippen LogP contribution in [0.4, 0.5) is 0 Å². The molecule has 0 saturated carbocycles. The molecule has 2 N–H and O–H groups in total. The summed E-state index contributed by atoms with van der Waals surface area (Å²) in [5, 5.41) is 19.9. The fourth-order valence-electron chi connectivity index (χ4n) is 5.08. The number of aliphatic hydroxyl groups is 2. The molecule has 0 bridgehead atoms. The Kier molecular flexibility index (Phi) is 6.32. The van der Waals surface area contributed by atoms with Crippen LogP contribution >= 0.6 is 0 Å². The molecule has 1 fully saturated rings. The first kappa shape index (κ1) is 21.2. The van der Waals surface area contributed by atoms with Crippen molar-refractivity contribution < 1.29 is 24.4 Å². The lowest BCUT2D eigenvalue weighted by Crippen LogP contribution is -2.34. The van der Waals surface area contributed by atoms with Crippen LogP contribution in [0.2, 0.25) is 0 Å². The summed E-state index contributed by atoms with van der Waals surface area (Å²) in [5.74, 6) is 1.47. The van der Waals surface area contributed by atoms with Gasteiger partial charge in [0.2, 0.25) is 0 Å². The summed E-state index contributed by atoms with van der Waals surface area (Å²) in [7, 11) is 3.31. The summed E-state index contributed by atoms with van der Waals surface area (Å²) in [5.41, 5.74) is 7.83. The molecule has 0 amide bonds. The Morgan fingerprint density at radius 2 is 1.80 bits per heavy atom. The van der Waals surface area contributed by atoms with E-state index in [4.69, 9.17) is 14.2 Å². The molecule has 5 nitrogen and oxygen atoms in total. The molecule has 0 spiro atoms. The van der Waals surface area contributed by atoms with Crippen LogP contribution in [0.15, 0.2) is 24.3 Å². The first-order valence-electron chi connectivity index (χ1n) is 10.8. The van der Waals surface area contributed by atoms with Crippen LogP contribution in [0.5, 0.6) is 11.5 Å². The van der Waals surface area contributed by atoms with E-state index in [1.807, 2.05) is 12.1 Å². The predicted molar refractivity (Wildman–Crippen MR) is 115 cm³/mol. The van der Waals surface area contributed by atoms with Crippen molar-refractivity contribution in [3.63, 3.8) is 0 Å². The van der Waals surface area contributed by atoms with E-state index < -0.39 is 6.10 Å². The molecule has 1 heterocycles. The molecule has 2 aromatic rings. The standard InChI is InChI=1S/C25H32O5/c1-15-20-5-4-6-21(20)17(9-16-7-8-23(28-2)25(10-16)29-3)11-22(15)24-13-18(27)12-19(14-26)30-24/h7-8,10-11,18-19,24,26-27H,4-6,9,12-14H2,1-3H3/t18-,19-,24+/m0/s1. The average Bonchev–Trinajstić information content (AvgIpc) is 3.25. The third-order valence-electron chi connectivity index (χ3n) is 6.59. The maximum atomic E-state index is 10.3. The van der Waals surface area contributed by atoms with Gasteiger partial charge in [0.15, 0.2) is 11.5 Å². The molecule has 3 atom stereocenters. The molecule has 2 aliphatic rings. The second-order valence-electron chi connectivity index (χ2n) is 8.48. The van der Waals surface area contributed by atoms with Gasteiger partial charge in [-0.3, -0.25) is 0 Å². The van der Waals surface area contributed by atoms with Gasteiger partial charge in [-0.15, -0.1) is 0 Å². The molecule has 4 rings (SSSR count). The second-order valence-corrected chi connectivity index (χ2v) is 8.48. The van der Waals surface area contributed by atoms with Crippen LogP contribution in [-0.4, -0.2) is 43.2 Å². The number of hydrogen-bond acceptors (Lipinski definition) is 5. The Labute approximate surface area is 178 Å². The smallest absolute Gasteiger partial charge is 0.160 e. The molecule has 1 saturated heterocycles. The zero-order valence-electron chi connectivity index (χ0n) is 18.1. The lowest BCUT2D eigenvalue weighted by Gasteiger charge is -2.34. The normalized spacial score (nSPS) is 23.3. The maximum Gasteiger partial charge on any atom is 0.160 e. The zero-order chi connectivity index (χ0) is 21.3. The maximum absolute atomic E-state index is 10.3. The fourth-order valence-corrected chi connectivity index (χ4v) is 5.08. The van der Waals surface area contributed by atoms with Crippen molar-refractivity contribution >= 4 is 0 Å². The highest BCUT2D eigenvalue weighted by Gasteiger charge is 2.32. The van der Waals surface area contributed by atoms with Crippen LogP contribution in [0.25, 0.3) is 0 Å². The highest BCUT2D eigenvalue weighted by atomic mass is 16.5. The van der Waals surface area contributed by atoms with Crippen molar-refractivity contribution in [1.29, 1.82) is 0 Å². The van der Waals surface area contributed by atoms with Gasteiger partial charge < -0.3 is 24.4 Å². The number of ether oxygens (including phenoxy) is 3. The van der Waals surface area contributed by atoms with Gasteiger partial charge in [-0.25, -0.2) is 0 Å². The van der Waals surface area contributed by atoms with E-state index in [9.17, 15) is 10.2 Å². The predicted octanol–water partition coefficient (Wildman–Crippen LogP) is 3.67. The van der Waals surface area contributed by atoms with E-state index >= 15 is 0 Å². The van der Waals surface area contributed by atoms with Gasteiger partial charge in [0.1, 0.15) is 0 Å². The Morgan fingerprint density at radius 1 is 1.03 bits per heavy atom. The minimum absolute atomic E-state index is 0.0595. The van der Waals surface area contributed by atoms with Crippen molar-refractivity contribution in [3.05, 3.63) is 57.6 Å². The molecule has 162 valence electrons. The van der Waals surface area contributed by atoms with Crippen molar-refractivity contribution in [2.45, 2.75) is 63.8 Å². The van der Waals surface area contributed by atoms with Crippen molar-refractivity contribution in [2.24, 2.45) is 0 Å². The minimum atomic E-state index is -0.442. The first-order chi connectivity index (χ1) is 14.5. The summed E-state index contributed by atoms with van der Waals surface area (Å²) in [4.78, 5) is 0. The van der Waals surface area contributed by atoms with E-state index in [1.165, 1.54) is 34.2 Å². The van der Waals surface area contributed by atoms with Crippen molar-refractivity contribution in [3.8, 4) is 11.5 Å². The number of aliphatic hydroxyl groups excluding tert-OH is 2. The lowest BCUT2D eigenvalue weighted by molar-refractivity contribution is -0.114. The van der Waals surface area contributed by atoms with Crippen LogP contribution in [0.3, 0.4) is 0 Å². The van der Waals surface area contributed by atoms with Crippen LogP contribution in [0.1, 0.15) is 58.7 Å². The van der Waals surface area contributed by atoms with Crippen LogP contribution in [-0.2, 0) is 24.0 Å². The van der Waals surface area contributed by atoms with Gasteiger partial charge in [-0.2, -0.15) is 0 Å². The second kappa shape index (κ2) is 8.96. The van der Waals surface area contributed by atoms with Gasteiger partial charge in [0, 0.05) is 12.8 Å². The highest BCUT2D eigenvalue weighted by molar-refractivity contribution is 5.51. The van der Waals surface area contributed by atoms with Crippen molar-refractivity contribution in [1.82, 2.24) is 0 Å². The Morgan fingerprint density at radius 3 is 2.53 bits per heavy atom. The molecule has 30 heavy (non-hydrogen) atoms. The number of hydrogen-bond donors (Lipinski definition) is 2. The number of methoxy groups -OCH3 is 2. The topological polar surface area (TPSA) is 68.2 Å². The Bertz CT molecular complexity index is 907. The summed E-state index contributed by atoms with van der Waals surface area (Å²) in [6.07, 6.45) is 4.32. The van der Waals surface area contributed by atoms with E-state index in [-0.39, 0.29) is 18.8 Å². The number of rotatable bonds is 6. The summed E-state index contributed by atoms with van der Waals surface area (Å²) in [6, 6.07) is 8.36. The van der Waals surface area contributed by atoms with Gasteiger partial charge in [-0.1, -0.05) is 12.1 Å². The third kappa shape index (κ3) is 4.07. The monoisotopic (exact) mass is 412 g/mol. The summed E-state index contributed by atoms with van der Waals surface area (Å²) < 4.78 is 17.0. The van der Waals surface area contributed by atoms with Crippen LogP contribution < -0.4 is 9.47 Å². The minimum Gasteiger partial charge on any atom is -0.493 e. The Hall–Kier alpha value is -2.08. The molecule has 1 aliphatic heterocycles. The highest BCUT2D eigenvalue weighted by Crippen LogP contribution is 2.39. The lowest BCUT2D eigenvalue weighted by atomic mass is 9.86. The molecule has 1 aliphatic carbocycles. The Balaban J connectivity index is 1.70. The van der Waals surface area contributed by atoms with E-state index in [1.54, 1.807) is 14.2 Å². The van der Waals surface area contributed by atoms with E-state index in [2.05, 4.69) is 19.1 Å². The fraction of sp³-hybridized carbons (Fsp3) is 0.520. The number of fused-ring (bicyclic) bond motifs is 1. The van der Waals surface area contributed by atoms with Gasteiger partial charge in [0.05, 0.1) is 39.1 Å². The van der Waals surface area contributed by atoms with Gasteiger partial charge in [-0.05, 0) is 78.1 Å². The molecular weight excluding hydrogens is 380 g/mol. The summed E-state index contributed by atoms with van der Waals surface area (Å²) in [6.45, 7) is 2.12. The van der Waals surface area contributed by atoms with Crippen LogP contribution in [0, 0.1) is 6.92 Å². The SMILES string of the molecule is COc1ccc(Cc2cc([C@H]3C[C@@H](O)C[C@@H](CO)O3)c(C)c3c2CCC3)cc1OC. The van der Waals surface area contributed by atoms with E-state index in [0.717, 1.165) is 36.3 Å². The zero-order valence-corrected chi connectivity index (χ0v) is 18.1. The third-order valence-corrected chi connectivity index (χ3v) is 6.59.